The molecule has 6 heteroatoms. The van der Waals surface area contributed by atoms with Crippen molar-refractivity contribution >= 4 is 17.2 Å². The van der Waals surface area contributed by atoms with Crippen LogP contribution in [-0.4, -0.2) is 20.7 Å². The summed E-state index contributed by atoms with van der Waals surface area (Å²) in [5.74, 6) is -0.120. The third kappa shape index (κ3) is 2.98. The fourth-order valence-electron chi connectivity index (χ4n) is 3.53. The number of nitrogens with one attached hydrogen (secondary N) is 1. The molecule has 4 rings (SSSR count). The zero-order chi connectivity index (χ0) is 17.4. The number of hydrogen-bond acceptors (Lipinski definition) is 4. The molecule has 0 spiro atoms. The molecule has 25 heavy (non-hydrogen) atoms. The van der Waals surface area contributed by atoms with Crippen molar-refractivity contribution in [1.29, 1.82) is 0 Å². The summed E-state index contributed by atoms with van der Waals surface area (Å²) in [4.78, 5) is 17.3. The van der Waals surface area contributed by atoms with Crippen molar-refractivity contribution in [1.82, 2.24) is 20.1 Å². The number of fused-ring (bicyclic) bond motifs is 1. The van der Waals surface area contributed by atoms with Crippen molar-refractivity contribution in [3.05, 3.63) is 58.9 Å². The van der Waals surface area contributed by atoms with Crippen LogP contribution in [0.3, 0.4) is 0 Å². The predicted octanol–water partition coefficient (Wildman–Crippen LogP) is 3.53. The number of nitrogens with zero attached hydrogens (tertiary/aromatic N) is 3. The highest BCUT2D eigenvalue weighted by molar-refractivity contribution is 7.13. The number of carbonyl (C=O) groups excluding carboxylic acids is 1. The number of rotatable bonds is 3. The molecule has 0 fully saturated rings. The van der Waals surface area contributed by atoms with E-state index in [0.29, 0.717) is 5.69 Å². The summed E-state index contributed by atoms with van der Waals surface area (Å²) in [6.07, 6.45) is 6.75. The summed E-state index contributed by atoms with van der Waals surface area (Å²) in [5, 5.41) is 10.0. The molecule has 2 aromatic heterocycles. The maximum absolute atomic E-state index is 12.8. The number of thiazole rings is 1. The summed E-state index contributed by atoms with van der Waals surface area (Å²) in [6, 6.07) is 8.38. The fourth-order valence-corrected chi connectivity index (χ4v) is 4.31. The van der Waals surface area contributed by atoms with Gasteiger partial charge in [-0.2, -0.15) is 5.10 Å². The molecular weight excluding hydrogens is 332 g/mol. The van der Waals surface area contributed by atoms with Gasteiger partial charge in [0.05, 0.1) is 11.7 Å². The van der Waals surface area contributed by atoms with Gasteiger partial charge in [-0.05, 0) is 37.3 Å². The second-order valence-electron chi connectivity index (χ2n) is 6.74. The van der Waals surface area contributed by atoms with Gasteiger partial charge in [0.15, 0.2) is 0 Å². The Hall–Kier alpha value is -2.47. The van der Waals surface area contributed by atoms with Gasteiger partial charge in [0, 0.05) is 24.2 Å². The van der Waals surface area contributed by atoms with Gasteiger partial charge in [0.1, 0.15) is 10.7 Å². The lowest BCUT2D eigenvalue weighted by molar-refractivity contribution is 0.0890. The van der Waals surface area contributed by atoms with Gasteiger partial charge in [0.25, 0.3) is 5.91 Å². The molecule has 128 valence electrons. The monoisotopic (exact) mass is 352 g/mol. The van der Waals surface area contributed by atoms with Crippen LogP contribution in [0.25, 0.3) is 10.6 Å². The largest absolute Gasteiger partial charge is 0.341 e. The average Bonchev–Trinajstić information content (AvgIpc) is 3.24. The van der Waals surface area contributed by atoms with Gasteiger partial charge < -0.3 is 5.32 Å². The topological polar surface area (TPSA) is 59.8 Å². The highest BCUT2D eigenvalue weighted by atomic mass is 32.1. The minimum atomic E-state index is -0.343. The van der Waals surface area contributed by atoms with Crippen LogP contribution in [0.4, 0.5) is 0 Å². The van der Waals surface area contributed by atoms with E-state index in [2.05, 4.69) is 40.5 Å². The molecule has 5 nitrogen and oxygen atoms in total. The molecule has 0 bridgehead atoms. The summed E-state index contributed by atoms with van der Waals surface area (Å²) in [6.45, 7) is 2.11. The zero-order valence-corrected chi connectivity index (χ0v) is 15.1. The summed E-state index contributed by atoms with van der Waals surface area (Å²) >= 11 is 1.47. The Bertz CT molecular complexity index is 929. The first-order valence-corrected chi connectivity index (χ1v) is 9.28. The first-order valence-electron chi connectivity index (χ1n) is 8.41. The van der Waals surface area contributed by atoms with E-state index in [1.807, 2.05) is 24.7 Å². The van der Waals surface area contributed by atoms with E-state index in [1.54, 1.807) is 10.9 Å². The van der Waals surface area contributed by atoms with E-state index >= 15 is 0 Å². The van der Waals surface area contributed by atoms with Gasteiger partial charge in [-0.25, -0.2) is 4.98 Å². The molecule has 1 amide bonds. The van der Waals surface area contributed by atoms with Crippen molar-refractivity contribution in [3.63, 3.8) is 0 Å². The Morgan fingerprint density at radius 1 is 1.36 bits per heavy atom. The van der Waals surface area contributed by atoms with E-state index in [9.17, 15) is 4.79 Å². The number of aryl methyl sites for hydroxylation is 2. The molecular formula is C19H20N4OS. The highest BCUT2D eigenvalue weighted by Crippen LogP contribution is 2.35. The van der Waals surface area contributed by atoms with E-state index in [4.69, 9.17) is 0 Å². The summed E-state index contributed by atoms with van der Waals surface area (Å²) < 4.78 is 1.73. The van der Waals surface area contributed by atoms with Crippen LogP contribution in [0, 0.1) is 0 Å². The molecule has 1 aromatic carbocycles. The van der Waals surface area contributed by atoms with Crippen LogP contribution < -0.4 is 5.32 Å². The van der Waals surface area contributed by atoms with Crippen LogP contribution in [-0.2, 0) is 19.0 Å². The summed E-state index contributed by atoms with van der Waals surface area (Å²) in [7, 11) is 1.87. The van der Waals surface area contributed by atoms with Crippen molar-refractivity contribution in [2.75, 3.05) is 0 Å². The maximum atomic E-state index is 12.8. The minimum absolute atomic E-state index is 0.120. The molecule has 0 aliphatic heterocycles. The molecule has 0 saturated heterocycles. The molecule has 3 aromatic rings. The van der Waals surface area contributed by atoms with Gasteiger partial charge in [0.2, 0.25) is 0 Å². The number of carbonyl (C=O) groups is 1. The number of aromatic nitrogens is 3. The van der Waals surface area contributed by atoms with Crippen molar-refractivity contribution < 1.29 is 4.79 Å². The van der Waals surface area contributed by atoms with E-state index in [-0.39, 0.29) is 11.4 Å². The lowest BCUT2D eigenvalue weighted by Gasteiger charge is -2.36. The summed E-state index contributed by atoms with van der Waals surface area (Å²) in [5.41, 5.74) is 3.60. The van der Waals surface area contributed by atoms with Gasteiger partial charge in [-0.15, -0.1) is 11.3 Å². The van der Waals surface area contributed by atoms with Crippen LogP contribution >= 0.6 is 11.3 Å². The van der Waals surface area contributed by atoms with Crippen molar-refractivity contribution in [2.45, 2.75) is 31.7 Å². The van der Waals surface area contributed by atoms with E-state index in [0.717, 1.165) is 29.8 Å². The SMILES string of the molecule is Cn1cc(-c2nc(C(=O)N[C@]3(C)CCCc4ccccc43)cs2)cn1. The highest BCUT2D eigenvalue weighted by Gasteiger charge is 2.33. The standard InChI is InChI=1S/C19H20N4OS/c1-19(9-5-7-13-6-3-4-8-15(13)19)22-17(24)16-12-25-18(21-16)14-10-20-23(2)11-14/h3-4,6,8,10-12H,5,7,9H2,1-2H3,(H,22,24)/t19-/m1/s1. The molecule has 0 radical (unpaired) electrons. The quantitative estimate of drug-likeness (QED) is 0.784. The smallest absolute Gasteiger partial charge is 0.271 e. The zero-order valence-electron chi connectivity index (χ0n) is 14.3. The van der Waals surface area contributed by atoms with Crippen molar-refractivity contribution in [3.8, 4) is 10.6 Å². The normalized spacial score (nSPS) is 19.4. The maximum Gasteiger partial charge on any atom is 0.271 e. The minimum Gasteiger partial charge on any atom is -0.341 e. The Kier molecular flexibility index (Phi) is 3.92. The number of hydrogen-bond donors (Lipinski definition) is 1. The predicted molar refractivity (Wildman–Crippen MR) is 98.5 cm³/mol. The van der Waals surface area contributed by atoms with Crippen LogP contribution in [0.15, 0.2) is 42.0 Å². The third-order valence-corrected chi connectivity index (χ3v) is 5.70. The lowest BCUT2D eigenvalue weighted by Crippen LogP contribution is -2.45. The Morgan fingerprint density at radius 2 is 2.20 bits per heavy atom. The Morgan fingerprint density at radius 3 is 3.00 bits per heavy atom. The Labute approximate surface area is 150 Å². The van der Waals surface area contributed by atoms with E-state index < -0.39 is 0 Å². The number of amides is 1. The molecule has 0 saturated carbocycles. The fraction of sp³-hybridized carbons (Fsp3) is 0.316. The first kappa shape index (κ1) is 16.0. The average molecular weight is 352 g/mol. The van der Waals surface area contributed by atoms with Gasteiger partial charge in [-0.1, -0.05) is 24.3 Å². The van der Waals surface area contributed by atoms with Crippen LogP contribution in [0.5, 0.6) is 0 Å². The van der Waals surface area contributed by atoms with Crippen LogP contribution in [0.2, 0.25) is 0 Å². The van der Waals surface area contributed by atoms with Gasteiger partial charge in [-0.3, -0.25) is 9.48 Å². The molecule has 1 aliphatic rings. The molecule has 1 atom stereocenters. The van der Waals surface area contributed by atoms with E-state index in [1.165, 1.54) is 22.5 Å². The molecule has 1 aliphatic carbocycles. The second-order valence-corrected chi connectivity index (χ2v) is 7.60. The number of benzene rings is 1. The molecule has 1 N–H and O–H groups in total. The lowest BCUT2D eigenvalue weighted by atomic mass is 9.77. The third-order valence-electron chi connectivity index (χ3n) is 4.81. The second kappa shape index (κ2) is 6.11. The van der Waals surface area contributed by atoms with Gasteiger partial charge >= 0.3 is 0 Å². The Balaban J connectivity index is 1.58. The van der Waals surface area contributed by atoms with Crippen molar-refractivity contribution in [2.24, 2.45) is 7.05 Å². The molecule has 0 unspecified atom stereocenters. The molecule has 2 heterocycles. The van der Waals surface area contributed by atoms with Crippen LogP contribution in [0.1, 0.15) is 41.4 Å². The first-order chi connectivity index (χ1) is 12.0.